The highest BCUT2D eigenvalue weighted by Gasteiger charge is 2.02. The molecule has 0 saturated heterocycles. The van der Waals surface area contributed by atoms with Gasteiger partial charge >= 0.3 is 0 Å². The molecule has 0 aliphatic rings. The molecule has 0 aliphatic carbocycles. The fourth-order valence-electron chi connectivity index (χ4n) is 2.65. The van der Waals surface area contributed by atoms with Gasteiger partial charge in [0.15, 0.2) is 0 Å². The Kier molecular flexibility index (Phi) is 22.5. The van der Waals surface area contributed by atoms with Crippen molar-refractivity contribution in [3.63, 3.8) is 0 Å². The molecule has 0 aromatic rings. The summed E-state index contributed by atoms with van der Waals surface area (Å²) < 4.78 is 21.6. The molecule has 8 nitrogen and oxygen atoms in total. The van der Waals surface area contributed by atoms with Gasteiger partial charge in [0, 0.05) is 25.9 Å². The van der Waals surface area contributed by atoms with Gasteiger partial charge in [0.25, 0.3) is 0 Å². The lowest BCUT2D eigenvalue weighted by molar-refractivity contribution is -0.122. The van der Waals surface area contributed by atoms with Crippen LogP contribution in [0.3, 0.4) is 0 Å². The fraction of sp³-hybridized carbons (Fsp3) is 0.913. The average molecular weight is 447 g/mol. The first-order valence-electron chi connectivity index (χ1n) is 11.9. The summed E-state index contributed by atoms with van der Waals surface area (Å²) in [5, 5.41) is 5.68. The van der Waals surface area contributed by atoms with Crippen LogP contribution in [0.25, 0.3) is 0 Å². The molecule has 0 unspecified atom stereocenters. The fourth-order valence-corrected chi connectivity index (χ4v) is 2.65. The highest BCUT2D eigenvalue weighted by molar-refractivity contribution is 5.76. The van der Waals surface area contributed by atoms with Crippen LogP contribution in [0.15, 0.2) is 0 Å². The van der Waals surface area contributed by atoms with Crippen LogP contribution in [0.1, 0.15) is 65.7 Å². The van der Waals surface area contributed by atoms with Crippen LogP contribution in [0, 0.1) is 5.92 Å². The van der Waals surface area contributed by atoms with E-state index >= 15 is 0 Å². The van der Waals surface area contributed by atoms with Crippen LogP contribution >= 0.6 is 0 Å². The maximum absolute atomic E-state index is 11.7. The van der Waals surface area contributed by atoms with E-state index in [0.29, 0.717) is 78.8 Å². The first-order chi connectivity index (χ1) is 15.1. The lowest BCUT2D eigenvalue weighted by Gasteiger charge is -2.08. The minimum atomic E-state index is 0.0216. The molecule has 0 radical (unpaired) electrons. The van der Waals surface area contributed by atoms with Crippen LogP contribution in [0.4, 0.5) is 0 Å². The molecular weight excluding hydrogens is 400 g/mol. The molecule has 0 aromatic heterocycles. The highest BCUT2D eigenvalue weighted by atomic mass is 16.6. The zero-order valence-electron chi connectivity index (χ0n) is 20.0. The van der Waals surface area contributed by atoms with Crippen molar-refractivity contribution in [2.45, 2.75) is 65.7 Å². The molecule has 0 aliphatic heterocycles. The third kappa shape index (κ3) is 24.9. The summed E-state index contributed by atoms with van der Waals surface area (Å²) in [6.45, 7) is 11.5. The van der Waals surface area contributed by atoms with Crippen LogP contribution in [0.2, 0.25) is 0 Å². The Hall–Kier alpha value is -1.22. The number of ether oxygens (including phenoxy) is 4. The van der Waals surface area contributed by atoms with Gasteiger partial charge in [-0.25, -0.2) is 0 Å². The summed E-state index contributed by atoms with van der Waals surface area (Å²) in [6.07, 6.45) is 6.42. The van der Waals surface area contributed by atoms with Crippen molar-refractivity contribution < 1.29 is 28.5 Å². The zero-order chi connectivity index (χ0) is 23.0. The molecule has 184 valence electrons. The van der Waals surface area contributed by atoms with E-state index in [1.54, 1.807) is 0 Å². The van der Waals surface area contributed by atoms with Crippen LogP contribution in [-0.2, 0) is 28.5 Å². The quantitative estimate of drug-likeness (QED) is 0.234. The zero-order valence-corrected chi connectivity index (χ0v) is 20.0. The van der Waals surface area contributed by atoms with Gasteiger partial charge in [-0.15, -0.1) is 0 Å². The summed E-state index contributed by atoms with van der Waals surface area (Å²) in [7, 11) is 0. The van der Waals surface area contributed by atoms with Crippen molar-refractivity contribution >= 4 is 11.8 Å². The minimum absolute atomic E-state index is 0.0216. The Morgan fingerprint density at radius 2 is 1.16 bits per heavy atom. The van der Waals surface area contributed by atoms with Crippen molar-refractivity contribution in [2.75, 3.05) is 65.9 Å². The van der Waals surface area contributed by atoms with E-state index in [1.165, 1.54) is 12.8 Å². The largest absolute Gasteiger partial charge is 0.379 e. The molecule has 0 aromatic carbocycles. The second-order valence-corrected chi connectivity index (χ2v) is 7.89. The van der Waals surface area contributed by atoms with E-state index in [1.807, 2.05) is 6.92 Å². The number of hydrogen-bond donors (Lipinski definition) is 2. The molecule has 0 saturated carbocycles. The Bertz CT molecular complexity index is 421. The predicted molar refractivity (Wildman–Crippen MR) is 122 cm³/mol. The topological polar surface area (TPSA) is 95.1 Å². The van der Waals surface area contributed by atoms with Gasteiger partial charge in [0.2, 0.25) is 11.8 Å². The van der Waals surface area contributed by atoms with Crippen molar-refractivity contribution in [1.29, 1.82) is 0 Å². The summed E-state index contributed by atoms with van der Waals surface area (Å²) in [5.74, 6) is 0.863. The summed E-state index contributed by atoms with van der Waals surface area (Å²) in [6, 6.07) is 0. The Morgan fingerprint density at radius 3 is 1.74 bits per heavy atom. The van der Waals surface area contributed by atoms with E-state index in [4.69, 9.17) is 18.9 Å². The standard InChI is InChI=1S/C23H46N2O6/c1-4-11-24-23(27)10-13-28-15-17-30-19-20-31-18-16-29-14-12-25-22(26)9-7-5-6-8-21(2)3/h21H,4-20H2,1-3H3,(H,24,27)(H,25,26). The van der Waals surface area contributed by atoms with E-state index in [0.717, 1.165) is 25.2 Å². The van der Waals surface area contributed by atoms with E-state index in [-0.39, 0.29) is 11.8 Å². The molecular formula is C23H46N2O6. The molecule has 0 fully saturated rings. The third-order valence-electron chi connectivity index (χ3n) is 4.42. The normalized spacial score (nSPS) is 11.1. The van der Waals surface area contributed by atoms with Gasteiger partial charge in [-0.3, -0.25) is 9.59 Å². The van der Waals surface area contributed by atoms with Gasteiger partial charge in [-0.2, -0.15) is 0 Å². The van der Waals surface area contributed by atoms with Crippen molar-refractivity contribution in [2.24, 2.45) is 5.92 Å². The number of unbranched alkanes of at least 4 members (excludes halogenated alkanes) is 2. The van der Waals surface area contributed by atoms with E-state index in [2.05, 4.69) is 24.5 Å². The second kappa shape index (κ2) is 23.4. The Balaban J connectivity index is 3.18. The number of nitrogens with one attached hydrogen (secondary N) is 2. The smallest absolute Gasteiger partial charge is 0.222 e. The second-order valence-electron chi connectivity index (χ2n) is 7.89. The monoisotopic (exact) mass is 446 g/mol. The molecule has 0 spiro atoms. The number of rotatable bonds is 23. The first kappa shape index (κ1) is 29.8. The highest BCUT2D eigenvalue weighted by Crippen LogP contribution is 2.09. The number of hydrogen-bond acceptors (Lipinski definition) is 6. The van der Waals surface area contributed by atoms with Gasteiger partial charge in [-0.1, -0.05) is 40.0 Å². The van der Waals surface area contributed by atoms with Crippen molar-refractivity contribution in [3.05, 3.63) is 0 Å². The van der Waals surface area contributed by atoms with E-state index in [9.17, 15) is 9.59 Å². The first-order valence-corrected chi connectivity index (χ1v) is 11.9. The van der Waals surface area contributed by atoms with Gasteiger partial charge in [0.1, 0.15) is 0 Å². The Labute approximate surface area is 189 Å². The SMILES string of the molecule is CCCNC(=O)CCOCCOCCOCCOCCNC(=O)CCCCCC(C)C. The molecule has 8 heteroatoms. The number of carbonyl (C=O) groups is 2. The summed E-state index contributed by atoms with van der Waals surface area (Å²) in [4.78, 5) is 23.1. The molecule has 0 bridgehead atoms. The number of amides is 2. The molecule has 2 amide bonds. The van der Waals surface area contributed by atoms with Crippen LogP contribution in [0.5, 0.6) is 0 Å². The van der Waals surface area contributed by atoms with Crippen molar-refractivity contribution in [1.82, 2.24) is 10.6 Å². The van der Waals surface area contributed by atoms with Gasteiger partial charge in [-0.05, 0) is 18.8 Å². The third-order valence-corrected chi connectivity index (χ3v) is 4.42. The maximum Gasteiger partial charge on any atom is 0.222 e. The van der Waals surface area contributed by atoms with Crippen LogP contribution < -0.4 is 10.6 Å². The van der Waals surface area contributed by atoms with Gasteiger partial charge < -0.3 is 29.6 Å². The van der Waals surface area contributed by atoms with Crippen molar-refractivity contribution in [3.8, 4) is 0 Å². The summed E-state index contributed by atoms with van der Waals surface area (Å²) >= 11 is 0. The maximum atomic E-state index is 11.7. The molecule has 0 rings (SSSR count). The molecule has 0 atom stereocenters. The lowest BCUT2D eigenvalue weighted by Crippen LogP contribution is -2.27. The molecule has 2 N–H and O–H groups in total. The number of carbonyl (C=O) groups excluding carboxylic acids is 2. The summed E-state index contributed by atoms with van der Waals surface area (Å²) in [5.41, 5.74) is 0. The van der Waals surface area contributed by atoms with Crippen LogP contribution in [-0.4, -0.2) is 77.8 Å². The Morgan fingerprint density at radius 1 is 0.645 bits per heavy atom. The molecule has 0 heterocycles. The lowest BCUT2D eigenvalue weighted by atomic mass is 10.0. The van der Waals surface area contributed by atoms with Gasteiger partial charge in [0.05, 0.1) is 52.9 Å². The average Bonchev–Trinajstić information content (AvgIpc) is 2.74. The molecule has 31 heavy (non-hydrogen) atoms. The predicted octanol–water partition coefficient (Wildman–Crippen LogP) is 2.69. The van der Waals surface area contributed by atoms with E-state index < -0.39 is 0 Å². The minimum Gasteiger partial charge on any atom is -0.379 e.